The molecule has 24 heavy (non-hydrogen) atoms. The Morgan fingerprint density at radius 1 is 0.917 bits per heavy atom. The number of carboxylic acid groups (broad SMARTS) is 1. The lowest BCUT2D eigenvalue weighted by molar-refractivity contribution is 0.0700. The molecule has 0 saturated heterocycles. The maximum Gasteiger partial charge on any atom is 0.411 e. The molecule has 3 rings (SSSR count). The minimum absolute atomic E-state index is 0.0461. The summed E-state index contributed by atoms with van der Waals surface area (Å²) in [5.41, 5.74) is 1.11. The van der Waals surface area contributed by atoms with Crippen molar-refractivity contribution >= 4 is 28.5 Å². The van der Waals surface area contributed by atoms with Gasteiger partial charge >= 0.3 is 12.1 Å². The van der Waals surface area contributed by atoms with Crippen molar-refractivity contribution in [3.63, 3.8) is 0 Å². The van der Waals surface area contributed by atoms with Crippen molar-refractivity contribution in [1.29, 1.82) is 0 Å². The Hall–Kier alpha value is -3.34. The fourth-order valence-corrected chi connectivity index (χ4v) is 2.48. The average Bonchev–Trinajstić information content (AvgIpc) is 2.60. The highest BCUT2D eigenvalue weighted by Crippen LogP contribution is 2.26. The lowest BCUT2D eigenvalue weighted by Crippen LogP contribution is -2.16. The van der Waals surface area contributed by atoms with Gasteiger partial charge in [0.05, 0.1) is 11.3 Å². The second-order valence-corrected chi connectivity index (χ2v) is 5.20. The highest BCUT2D eigenvalue weighted by Gasteiger charge is 2.16. The summed E-state index contributed by atoms with van der Waals surface area (Å²) in [5.74, 6) is -1.11. The van der Waals surface area contributed by atoms with E-state index in [1.165, 1.54) is 0 Å². The fourth-order valence-electron chi connectivity index (χ4n) is 2.48. The van der Waals surface area contributed by atoms with Gasteiger partial charge in [0.1, 0.15) is 6.61 Å². The zero-order chi connectivity index (χ0) is 16.9. The van der Waals surface area contributed by atoms with Crippen molar-refractivity contribution in [2.45, 2.75) is 6.61 Å². The molecule has 0 aromatic heterocycles. The number of aromatic carboxylic acids is 1. The maximum absolute atomic E-state index is 12.0. The highest BCUT2D eigenvalue weighted by molar-refractivity contribution is 6.10. The van der Waals surface area contributed by atoms with Gasteiger partial charge in [0.15, 0.2) is 0 Å². The van der Waals surface area contributed by atoms with Gasteiger partial charge in [-0.1, -0.05) is 60.7 Å². The second kappa shape index (κ2) is 6.83. The van der Waals surface area contributed by atoms with E-state index in [1.54, 1.807) is 24.3 Å². The van der Waals surface area contributed by atoms with Crippen LogP contribution in [-0.2, 0) is 11.3 Å². The summed E-state index contributed by atoms with van der Waals surface area (Å²) >= 11 is 0. The van der Waals surface area contributed by atoms with Gasteiger partial charge in [-0.15, -0.1) is 0 Å². The van der Waals surface area contributed by atoms with Crippen LogP contribution in [0.4, 0.5) is 10.5 Å². The van der Waals surface area contributed by atoms with Gasteiger partial charge in [0, 0.05) is 0 Å². The van der Waals surface area contributed by atoms with Crippen molar-refractivity contribution in [2.24, 2.45) is 0 Å². The van der Waals surface area contributed by atoms with Crippen LogP contribution in [0.15, 0.2) is 66.7 Å². The second-order valence-electron chi connectivity index (χ2n) is 5.20. The summed E-state index contributed by atoms with van der Waals surface area (Å²) in [5, 5.41) is 13.4. The number of carbonyl (C=O) groups excluding carboxylic acids is 1. The summed E-state index contributed by atoms with van der Waals surface area (Å²) in [7, 11) is 0. The van der Waals surface area contributed by atoms with E-state index in [0.29, 0.717) is 5.39 Å². The number of fused-ring (bicyclic) bond motifs is 1. The van der Waals surface area contributed by atoms with E-state index in [4.69, 9.17) is 4.74 Å². The largest absolute Gasteiger partial charge is 0.478 e. The zero-order valence-electron chi connectivity index (χ0n) is 12.7. The SMILES string of the molecule is O=C(Nc1ccc2ccccc2c1C(=O)O)OCc1ccccc1. The van der Waals surface area contributed by atoms with E-state index in [2.05, 4.69) is 5.32 Å². The Balaban J connectivity index is 1.80. The van der Waals surface area contributed by atoms with Crippen LogP contribution in [0.5, 0.6) is 0 Å². The van der Waals surface area contributed by atoms with Crippen LogP contribution in [0.2, 0.25) is 0 Å². The number of hydrogen-bond donors (Lipinski definition) is 2. The Bertz CT molecular complexity index is 890. The van der Waals surface area contributed by atoms with Gasteiger partial charge in [0.25, 0.3) is 0 Å². The molecule has 0 heterocycles. The summed E-state index contributed by atoms with van der Waals surface area (Å²) in [6.07, 6.45) is -0.698. The predicted molar refractivity (Wildman–Crippen MR) is 91.2 cm³/mol. The molecule has 1 amide bonds. The molecule has 0 atom stereocenters. The minimum Gasteiger partial charge on any atom is -0.478 e. The molecule has 0 aliphatic rings. The van der Waals surface area contributed by atoms with E-state index >= 15 is 0 Å². The molecule has 5 heteroatoms. The lowest BCUT2D eigenvalue weighted by Gasteiger charge is -2.11. The van der Waals surface area contributed by atoms with Gasteiger partial charge in [0.2, 0.25) is 0 Å². The van der Waals surface area contributed by atoms with Crippen LogP contribution in [0.3, 0.4) is 0 Å². The number of amides is 1. The molecule has 3 aromatic carbocycles. The Kier molecular flexibility index (Phi) is 4.43. The Morgan fingerprint density at radius 2 is 1.62 bits per heavy atom. The molecule has 5 nitrogen and oxygen atoms in total. The Labute approximate surface area is 138 Å². The number of anilines is 1. The molecule has 0 unspecified atom stereocenters. The molecular formula is C19H15NO4. The maximum atomic E-state index is 12.0. The first-order valence-electron chi connectivity index (χ1n) is 7.38. The topological polar surface area (TPSA) is 75.6 Å². The number of nitrogens with one attached hydrogen (secondary N) is 1. The van der Waals surface area contributed by atoms with E-state index in [0.717, 1.165) is 10.9 Å². The predicted octanol–water partition coefficient (Wildman–Crippen LogP) is 4.29. The first-order chi connectivity index (χ1) is 11.6. The lowest BCUT2D eigenvalue weighted by atomic mass is 10.0. The molecule has 120 valence electrons. The molecule has 2 N–H and O–H groups in total. The fraction of sp³-hybridized carbons (Fsp3) is 0.0526. The van der Waals surface area contributed by atoms with Gasteiger partial charge in [-0.25, -0.2) is 9.59 Å². The van der Waals surface area contributed by atoms with E-state index in [9.17, 15) is 14.7 Å². The quantitative estimate of drug-likeness (QED) is 0.752. The van der Waals surface area contributed by atoms with Gasteiger partial charge in [-0.05, 0) is 22.4 Å². The monoisotopic (exact) mass is 321 g/mol. The average molecular weight is 321 g/mol. The molecule has 0 bridgehead atoms. The Morgan fingerprint density at radius 3 is 2.38 bits per heavy atom. The molecule has 0 radical (unpaired) electrons. The third-order valence-corrected chi connectivity index (χ3v) is 3.59. The molecule has 3 aromatic rings. The van der Waals surface area contributed by atoms with Crippen LogP contribution in [0, 0.1) is 0 Å². The van der Waals surface area contributed by atoms with Crippen LogP contribution >= 0.6 is 0 Å². The molecule has 0 aliphatic carbocycles. The number of ether oxygens (including phenoxy) is 1. The number of rotatable bonds is 4. The smallest absolute Gasteiger partial charge is 0.411 e. The van der Waals surface area contributed by atoms with Crippen molar-refractivity contribution in [3.05, 3.63) is 77.9 Å². The van der Waals surface area contributed by atoms with E-state index in [1.807, 2.05) is 42.5 Å². The van der Waals surface area contributed by atoms with Crippen molar-refractivity contribution < 1.29 is 19.4 Å². The van der Waals surface area contributed by atoms with Crippen molar-refractivity contribution in [2.75, 3.05) is 5.32 Å². The normalized spacial score (nSPS) is 10.3. The van der Waals surface area contributed by atoms with Gasteiger partial charge in [-0.2, -0.15) is 0 Å². The standard InChI is InChI=1S/C19H15NO4/c21-18(22)17-15-9-5-4-8-14(15)10-11-16(17)20-19(23)24-12-13-6-2-1-3-7-13/h1-11H,12H2,(H,20,23)(H,21,22). The van der Waals surface area contributed by atoms with Gasteiger partial charge < -0.3 is 9.84 Å². The van der Waals surface area contributed by atoms with Gasteiger partial charge in [-0.3, -0.25) is 5.32 Å². The third-order valence-electron chi connectivity index (χ3n) is 3.59. The number of carboxylic acids is 1. The summed E-state index contributed by atoms with van der Waals surface area (Å²) in [4.78, 5) is 23.6. The summed E-state index contributed by atoms with van der Waals surface area (Å²) < 4.78 is 5.14. The van der Waals surface area contributed by atoms with Crippen LogP contribution < -0.4 is 5.32 Å². The summed E-state index contributed by atoms with van der Waals surface area (Å²) in [6.45, 7) is 0.114. The zero-order valence-corrected chi connectivity index (χ0v) is 12.7. The molecule has 0 saturated carbocycles. The van der Waals surface area contributed by atoms with E-state index < -0.39 is 12.1 Å². The van der Waals surface area contributed by atoms with Crippen molar-refractivity contribution in [3.8, 4) is 0 Å². The summed E-state index contributed by atoms with van der Waals surface area (Å²) in [6, 6.07) is 19.7. The molecular weight excluding hydrogens is 306 g/mol. The number of hydrogen-bond acceptors (Lipinski definition) is 3. The van der Waals surface area contributed by atoms with Crippen LogP contribution in [0.1, 0.15) is 15.9 Å². The molecule has 0 fully saturated rings. The third kappa shape index (κ3) is 3.35. The molecule has 0 aliphatic heterocycles. The highest BCUT2D eigenvalue weighted by atomic mass is 16.5. The minimum atomic E-state index is -1.11. The number of carbonyl (C=O) groups is 2. The van der Waals surface area contributed by atoms with Crippen LogP contribution in [-0.4, -0.2) is 17.2 Å². The first-order valence-corrected chi connectivity index (χ1v) is 7.38. The van der Waals surface area contributed by atoms with Crippen molar-refractivity contribution in [1.82, 2.24) is 0 Å². The first kappa shape index (κ1) is 15.6. The number of benzene rings is 3. The van der Waals surface area contributed by atoms with Crippen LogP contribution in [0.25, 0.3) is 10.8 Å². The van der Waals surface area contributed by atoms with E-state index in [-0.39, 0.29) is 17.9 Å². The molecule has 0 spiro atoms.